The van der Waals surface area contributed by atoms with Gasteiger partial charge in [-0.05, 0) is 24.3 Å². The molecule has 1 aliphatic rings. The van der Waals surface area contributed by atoms with Crippen molar-refractivity contribution < 1.29 is 27.9 Å². The lowest BCUT2D eigenvalue weighted by molar-refractivity contribution is -0.139. The van der Waals surface area contributed by atoms with E-state index in [1.54, 1.807) is 0 Å². The van der Waals surface area contributed by atoms with Crippen LogP contribution in [0.2, 0.25) is 0 Å². The summed E-state index contributed by atoms with van der Waals surface area (Å²) in [6, 6.07) is 3.68. The van der Waals surface area contributed by atoms with Crippen molar-refractivity contribution in [2.45, 2.75) is 12.6 Å². The number of nitrogens with one attached hydrogen (secondary N) is 1. The monoisotopic (exact) mass is 302 g/mol. The topological polar surface area (TPSA) is 69.6 Å². The molecule has 0 spiro atoms. The van der Waals surface area contributed by atoms with Gasteiger partial charge in [0.05, 0.1) is 12.0 Å². The number of alkyl halides is 3. The minimum atomic E-state index is -4.41. The second-order valence-electron chi connectivity index (χ2n) is 4.87. The highest BCUT2D eigenvalue weighted by Crippen LogP contribution is 2.30. The van der Waals surface area contributed by atoms with Gasteiger partial charge in [-0.2, -0.15) is 13.2 Å². The Labute approximate surface area is 118 Å². The summed E-state index contributed by atoms with van der Waals surface area (Å²) >= 11 is 0. The van der Waals surface area contributed by atoms with Crippen LogP contribution < -0.4 is 5.32 Å². The van der Waals surface area contributed by atoms with Crippen molar-refractivity contribution in [3.05, 3.63) is 29.8 Å². The molecule has 1 heterocycles. The Morgan fingerprint density at radius 1 is 1.24 bits per heavy atom. The predicted octanol–water partition coefficient (Wildman–Crippen LogP) is 2.64. The van der Waals surface area contributed by atoms with Gasteiger partial charge in [0.2, 0.25) is 0 Å². The number of anilines is 1. The summed E-state index contributed by atoms with van der Waals surface area (Å²) in [5.74, 6) is -0.983. The largest absolute Gasteiger partial charge is 0.481 e. The molecule has 1 aromatic carbocycles. The molecule has 114 valence electrons. The summed E-state index contributed by atoms with van der Waals surface area (Å²) in [6.07, 6.45) is -4.41. The van der Waals surface area contributed by atoms with E-state index in [0.717, 1.165) is 12.1 Å². The summed E-state index contributed by atoms with van der Waals surface area (Å²) < 4.78 is 37.1. The third kappa shape index (κ3) is 3.87. The first kappa shape index (κ1) is 15.1. The van der Waals surface area contributed by atoms with Crippen molar-refractivity contribution in [1.82, 2.24) is 4.90 Å². The van der Waals surface area contributed by atoms with Gasteiger partial charge in [-0.15, -0.1) is 0 Å². The Hall–Kier alpha value is -2.25. The Kier molecular flexibility index (Phi) is 4.06. The van der Waals surface area contributed by atoms with Crippen LogP contribution in [-0.4, -0.2) is 35.1 Å². The number of carboxylic acid groups (broad SMARTS) is 1. The molecule has 1 fully saturated rings. The normalized spacial score (nSPS) is 15.5. The van der Waals surface area contributed by atoms with Gasteiger partial charge in [0.25, 0.3) is 0 Å². The molecule has 1 saturated heterocycles. The number of hydrogen-bond acceptors (Lipinski definition) is 2. The molecule has 0 radical (unpaired) electrons. The molecular formula is C13H13F3N2O3. The molecule has 2 N–H and O–H groups in total. The minimum absolute atomic E-state index is 0.00403. The van der Waals surface area contributed by atoms with Crippen LogP contribution in [0.3, 0.4) is 0 Å². The number of rotatable bonds is 3. The van der Waals surface area contributed by atoms with E-state index in [2.05, 4.69) is 5.32 Å². The molecule has 0 aromatic heterocycles. The maximum Gasteiger partial charge on any atom is 0.416 e. The number of nitrogens with zero attached hydrogens (tertiary/aromatic N) is 1. The number of carbonyl (C=O) groups is 2. The molecule has 5 nitrogen and oxygen atoms in total. The maximum absolute atomic E-state index is 12.4. The van der Waals surface area contributed by atoms with Gasteiger partial charge >= 0.3 is 18.2 Å². The number of amides is 2. The third-order valence-corrected chi connectivity index (χ3v) is 3.17. The van der Waals surface area contributed by atoms with Crippen LogP contribution in [0.4, 0.5) is 23.7 Å². The zero-order chi connectivity index (χ0) is 15.6. The predicted molar refractivity (Wildman–Crippen MR) is 67.8 cm³/mol. The summed E-state index contributed by atoms with van der Waals surface area (Å²) in [5, 5.41) is 11.1. The summed E-state index contributed by atoms with van der Waals surface area (Å²) in [5.41, 5.74) is -0.527. The smallest absolute Gasteiger partial charge is 0.416 e. The van der Waals surface area contributed by atoms with Crippen LogP contribution in [0.15, 0.2) is 24.3 Å². The summed E-state index contributed by atoms with van der Waals surface area (Å²) in [7, 11) is 0. The second kappa shape index (κ2) is 5.63. The first-order valence-corrected chi connectivity index (χ1v) is 6.20. The highest BCUT2D eigenvalue weighted by atomic mass is 19.4. The zero-order valence-electron chi connectivity index (χ0n) is 10.9. The molecule has 0 bridgehead atoms. The second-order valence-corrected chi connectivity index (χ2v) is 4.87. The minimum Gasteiger partial charge on any atom is -0.481 e. The number of likely N-dealkylation sites (tertiary alicyclic amines) is 1. The van der Waals surface area contributed by atoms with Crippen LogP contribution >= 0.6 is 0 Å². The number of carboxylic acids is 1. The highest BCUT2D eigenvalue weighted by molar-refractivity contribution is 5.90. The first-order chi connectivity index (χ1) is 9.75. The fraction of sp³-hybridized carbons (Fsp3) is 0.385. The van der Waals surface area contributed by atoms with Crippen LogP contribution in [0, 0.1) is 5.92 Å². The van der Waals surface area contributed by atoms with E-state index >= 15 is 0 Å². The molecule has 0 unspecified atom stereocenters. The van der Waals surface area contributed by atoms with Gasteiger partial charge in [0, 0.05) is 24.7 Å². The first-order valence-electron chi connectivity index (χ1n) is 6.20. The quantitative estimate of drug-likeness (QED) is 0.902. The zero-order valence-corrected chi connectivity index (χ0v) is 10.9. The number of urea groups is 1. The van der Waals surface area contributed by atoms with E-state index in [1.807, 2.05) is 0 Å². The van der Waals surface area contributed by atoms with Crippen LogP contribution in [-0.2, 0) is 11.0 Å². The van der Waals surface area contributed by atoms with E-state index in [1.165, 1.54) is 17.0 Å². The van der Waals surface area contributed by atoms with Gasteiger partial charge in [-0.1, -0.05) is 0 Å². The lowest BCUT2D eigenvalue weighted by Gasteiger charge is -2.38. The molecule has 1 aromatic rings. The third-order valence-electron chi connectivity index (χ3n) is 3.17. The molecular weight excluding hydrogens is 289 g/mol. The van der Waals surface area contributed by atoms with E-state index in [9.17, 15) is 22.8 Å². The van der Waals surface area contributed by atoms with Gasteiger partial charge in [0.1, 0.15) is 0 Å². The summed E-state index contributed by atoms with van der Waals surface area (Å²) in [6.45, 7) is 0.664. The van der Waals surface area contributed by atoms with E-state index in [0.29, 0.717) is 13.1 Å². The van der Waals surface area contributed by atoms with Crippen LogP contribution in [0.1, 0.15) is 12.0 Å². The molecule has 8 heteroatoms. The van der Waals surface area contributed by atoms with Gasteiger partial charge in [-0.3, -0.25) is 4.79 Å². The Morgan fingerprint density at radius 2 is 1.81 bits per heavy atom. The van der Waals surface area contributed by atoms with E-state index in [-0.39, 0.29) is 18.0 Å². The molecule has 2 amide bonds. The maximum atomic E-state index is 12.4. The fourth-order valence-electron chi connectivity index (χ4n) is 2.06. The van der Waals surface area contributed by atoms with E-state index in [4.69, 9.17) is 5.11 Å². The number of aliphatic carboxylic acids is 1. The average molecular weight is 302 g/mol. The average Bonchev–Trinajstić information content (AvgIpc) is 2.32. The highest BCUT2D eigenvalue weighted by Gasteiger charge is 2.32. The van der Waals surface area contributed by atoms with Crippen molar-refractivity contribution >= 4 is 17.7 Å². The van der Waals surface area contributed by atoms with Crippen molar-refractivity contribution in [2.24, 2.45) is 5.92 Å². The Bertz CT molecular complexity index is 537. The van der Waals surface area contributed by atoms with Crippen LogP contribution in [0.5, 0.6) is 0 Å². The standard InChI is InChI=1S/C13H13F3N2O3/c14-13(15,16)9-1-3-10(4-2-9)17-12(21)18-6-8(7-18)5-11(19)20/h1-4,8H,5-7H2,(H,17,21)(H,19,20). The van der Waals surface area contributed by atoms with Gasteiger partial charge < -0.3 is 15.3 Å². The molecule has 0 aliphatic carbocycles. The number of benzene rings is 1. The lowest BCUT2D eigenvalue weighted by atomic mass is 9.97. The molecule has 0 saturated carbocycles. The van der Waals surface area contributed by atoms with Crippen molar-refractivity contribution in [1.29, 1.82) is 0 Å². The van der Waals surface area contributed by atoms with Gasteiger partial charge in [0.15, 0.2) is 0 Å². The molecule has 0 atom stereocenters. The number of halogens is 3. The lowest BCUT2D eigenvalue weighted by Crippen LogP contribution is -2.52. The van der Waals surface area contributed by atoms with Crippen molar-refractivity contribution in [3.8, 4) is 0 Å². The molecule has 1 aliphatic heterocycles. The van der Waals surface area contributed by atoms with Crippen molar-refractivity contribution in [2.75, 3.05) is 18.4 Å². The van der Waals surface area contributed by atoms with Crippen LogP contribution in [0.25, 0.3) is 0 Å². The van der Waals surface area contributed by atoms with E-state index < -0.39 is 23.7 Å². The van der Waals surface area contributed by atoms with Crippen molar-refractivity contribution in [3.63, 3.8) is 0 Å². The SMILES string of the molecule is O=C(O)CC1CN(C(=O)Nc2ccc(C(F)(F)F)cc2)C1. The summed E-state index contributed by atoms with van der Waals surface area (Å²) in [4.78, 5) is 23.6. The fourth-order valence-corrected chi connectivity index (χ4v) is 2.06. The van der Waals surface area contributed by atoms with Gasteiger partial charge in [-0.25, -0.2) is 4.79 Å². The number of hydrogen-bond donors (Lipinski definition) is 2. The molecule has 21 heavy (non-hydrogen) atoms. The number of carbonyl (C=O) groups excluding carboxylic acids is 1. The Morgan fingerprint density at radius 3 is 2.29 bits per heavy atom. The molecule has 2 rings (SSSR count). The Balaban J connectivity index is 1.85.